The van der Waals surface area contributed by atoms with Crippen LogP contribution >= 0.6 is 0 Å². The zero-order valence-electron chi connectivity index (χ0n) is 15.3. The first-order valence-electron chi connectivity index (χ1n) is 8.51. The van der Waals surface area contributed by atoms with Gasteiger partial charge in [0.05, 0.1) is 24.3 Å². The molecule has 1 aromatic rings. The third kappa shape index (κ3) is 6.71. The highest BCUT2D eigenvalue weighted by molar-refractivity contribution is 5.95. The van der Waals surface area contributed by atoms with Crippen molar-refractivity contribution in [1.82, 2.24) is 0 Å². The van der Waals surface area contributed by atoms with Crippen molar-refractivity contribution < 1.29 is 38.9 Å². The highest BCUT2D eigenvalue weighted by Gasteiger charge is 2.20. The average Bonchev–Trinajstić information content (AvgIpc) is 2.67. The third-order valence-corrected chi connectivity index (χ3v) is 3.86. The molecule has 8 nitrogen and oxygen atoms in total. The molecule has 0 amide bonds. The number of esters is 2. The number of carboxylic acids is 2. The summed E-state index contributed by atoms with van der Waals surface area (Å²) in [6.07, 6.45) is 3.06. The summed E-state index contributed by atoms with van der Waals surface area (Å²) in [5, 5.41) is 18.9. The number of hydrogen-bond donors (Lipinski definition) is 2. The molecule has 0 saturated carbocycles. The van der Waals surface area contributed by atoms with Crippen molar-refractivity contribution in [3.63, 3.8) is 0 Å². The van der Waals surface area contributed by atoms with Crippen molar-refractivity contribution in [3.8, 4) is 0 Å². The maximum absolute atomic E-state index is 11.6. The summed E-state index contributed by atoms with van der Waals surface area (Å²) < 4.78 is 9.76. The second kappa shape index (κ2) is 11.3. The normalized spacial score (nSPS) is 10.0. The van der Waals surface area contributed by atoms with Gasteiger partial charge in [-0.2, -0.15) is 0 Å². The van der Waals surface area contributed by atoms with Crippen LogP contribution in [0.4, 0.5) is 0 Å². The van der Waals surface area contributed by atoms with Crippen LogP contribution in [0.5, 0.6) is 0 Å². The van der Waals surface area contributed by atoms with E-state index < -0.39 is 23.9 Å². The van der Waals surface area contributed by atoms with Crippen molar-refractivity contribution in [3.05, 3.63) is 59.7 Å². The molecular formula is C20H22O8. The van der Waals surface area contributed by atoms with Gasteiger partial charge >= 0.3 is 23.9 Å². The second-order valence-electron chi connectivity index (χ2n) is 5.68. The topological polar surface area (TPSA) is 127 Å². The molecule has 0 aliphatic heterocycles. The zero-order valence-corrected chi connectivity index (χ0v) is 15.3. The van der Waals surface area contributed by atoms with Crippen LogP contribution in [0, 0.1) is 0 Å². The quantitative estimate of drug-likeness (QED) is 0.316. The molecule has 1 aromatic carbocycles. The van der Waals surface area contributed by atoms with Gasteiger partial charge in [-0.3, -0.25) is 0 Å². The Morgan fingerprint density at radius 2 is 1.14 bits per heavy atom. The first-order chi connectivity index (χ1) is 13.3. The lowest BCUT2D eigenvalue weighted by atomic mass is 9.90. The van der Waals surface area contributed by atoms with Gasteiger partial charge in [0.25, 0.3) is 0 Å². The van der Waals surface area contributed by atoms with Gasteiger partial charge in [0.1, 0.15) is 0 Å². The summed E-state index contributed by atoms with van der Waals surface area (Å²) in [7, 11) is 0. The summed E-state index contributed by atoms with van der Waals surface area (Å²) in [6.45, 7) is 6.64. The van der Waals surface area contributed by atoms with Gasteiger partial charge < -0.3 is 19.7 Å². The van der Waals surface area contributed by atoms with Crippen LogP contribution in [0.2, 0.25) is 0 Å². The summed E-state index contributed by atoms with van der Waals surface area (Å²) in [6, 6.07) is 2.50. The van der Waals surface area contributed by atoms with Crippen LogP contribution in [0.15, 0.2) is 37.4 Å². The Morgan fingerprint density at radius 3 is 1.43 bits per heavy atom. The Balaban J connectivity index is 3.06. The van der Waals surface area contributed by atoms with Gasteiger partial charge in [0, 0.05) is 12.2 Å². The van der Waals surface area contributed by atoms with E-state index in [1.165, 1.54) is 12.1 Å². The lowest BCUT2D eigenvalue weighted by Crippen LogP contribution is -2.14. The van der Waals surface area contributed by atoms with E-state index in [1.54, 1.807) is 0 Å². The third-order valence-electron chi connectivity index (χ3n) is 3.86. The fraction of sp³-hybridized carbons (Fsp3) is 0.300. The number of ether oxygens (including phenoxy) is 2. The first kappa shape index (κ1) is 22.6. The minimum atomic E-state index is -1.19. The summed E-state index contributed by atoms with van der Waals surface area (Å²) in [5.41, 5.74) is 0.686. The first-order valence-corrected chi connectivity index (χ1v) is 8.51. The lowest BCUT2D eigenvalue weighted by Gasteiger charge is -2.16. The predicted octanol–water partition coefficient (Wildman–Crippen LogP) is 2.41. The Hall–Kier alpha value is -3.42. The van der Waals surface area contributed by atoms with Crippen LogP contribution in [0.1, 0.15) is 44.7 Å². The number of benzene rings is 1. The molecule has 0 saturated heterocycles. The van der Waals surface area contributed by atoms with Crippen molar-refractivity contribution >= 4 is 23.9 Å². The lowest BCUT2D eigenvalue weighted by molar-refractivity contribution is -0.138. The Bertz CT molecular complexity index is 714. The molecular weight excluding hydrogens is 368 g/mol. The molecule has 0 atom stereocenters. The van der Waals surface area contributed by atoms with E-state index in [1.807, 2.05) is 0 Å². The maximum Gasteiger partial charge on any atom is 0.335 e. The number of carbonyl (C=O) groups excluding carboxylic acids is 2. The van der Waals surface area contributed by atoms with E-state index in [9.17, 15) is 29.4 Å². The highest BCUT2D eigenvalue weighted by Crippen LogP contribution is 2.24. The Kier molecular flexibility index (Phi) is 9.15. The molecule has 1 rings (SSSR count). The standard InChI is InChI=1S/C20H22O8/c1-3-17(21)27-11-5-7-13-14(8-6-12-28-18(22)4-2)16(20(25)26)10-9-15(13)19(23)24/h3-4,9-10H,1-2,5-8,11-12H2,(H,23,24)(H,25,26). The number of rotatable bonds is 12. The van der Waals surface area contributed by atoms with Crippen LogP contribution in [0.3, 0.4) is 0 Å². The van der Waals surface area contributed by atoms with Gasteiger partial charge in [-0.15, -0.1) is 0 Å². The molecule has 150 valence electrons. The van der Waals surface area contributed by atoms with E-state index >= 15 is 0 Å². The van der Waals surface area contributed by atoms with Crippen molar-refractivity contribution in [2.24, 2.45) is 0 Å². The molecule has 0 aliphatic carbocycles. The van der Waals surface area contributed by atoms with Crippen LogP contribution in [0.25, 0.3) is 0 Å². The fourth-order valence-corrected chi connectivity index (χ4v) is 2.63. The highest BCUT2D eigenvalue weighted by atomic mass is 16.5. The molecule has 28 heavy (non-hydrogen) atoms. The second-order valence-corrected chi connectivity index (χ2v) is 5.68. The molecule has 8 heteroatoms. The predicted molar refractivity (Wildman–Crippen MR) is 99.3 cm³/mol. The van der Waals surface area contributed by atoms with E-state index in [-0.39, 0.29) is 37.2 Å². The number of hydrogen-bond acceptors (Lipinski definition) is 6. The van der Waals surface area contributed by atoms with Crippen molar-refractivity contribution in [2.75, 3.05) is 13.2 Å². The molecule has 0 spiro atoms. The molecule has 0 unspecified atom stereocenters. The number of aromatic carboxylic acids is 2. The van der Waals surface area contributed by atoms with E-state index in [0.717, 1.165) is 12.2 Å². The molecule has 2 N–H and O–H groups in total. The van der Waals surface area contributed by atoms with Gasteiger partial charge in [0.15, 0.2) is 0 Å². The summed E-state index contributed by atoms with van der Waals surface area (Å²) in [4.78, 5) is 45.4. The average molecular weight is 390 g/mol. The van der Waals surface area contributed by atoms with Crippen molar-refractivity contribution in [2.45, 2.75) is 25.7 Å². The molecule has 0 aromatic heterocycles. The molecule has 0 radical (unpaired) electrons. The Labute approximate surface area is 162 Å². The zero-order chi connectivity index (χ0) is 21.1. The van der Waals surface area contributed by atoms with Crippen LogP contribution < -0.4 is 0 Å². The molecule has 0 bridgehead atoms. The van der Waals surface area contributed by atoms with E-state index in [4.69, 9.17) is 9.47 Å². The van der Waals surface area contributed by atoms with E-state index in [2.05, 4.69) is 13.2 Å². The largest absolute Gasteiger partial charge is 0.478 e. The summed E-state index contributed by atoms with van der Waals surface area (Å²) in [5.74, 6) is -3.56. The fourth-order valence-electron chi connectivity index (χ4n) is 2.63. The minimum Gasteiger partial charge on any atom is -0.478 e. The molecule has 0 heterocycles. The van der Waals surface area contributed by atoms with Gasteiger partial charge in [-0.1, -0.05) is 13.2 Å². The van der Waals surface area contributed by atoms with E-state index in [0.29, 0.717) is 24.0 Å². The summed E-state index contributed by atoms with van der Waals surface area (Å²) >= 11 is 0. The van der Waals surface area contributed by atoms with Gasteiger partial charge in [-0.25, -0.2) is 19.2 Å². The SMILES string of the molecule is C=CC(=O)OCCCc1c(C(=O)O)ccc(C(=O)O)c1CCCOC(=O)C=C. The number of carbonyl (C=O) groups is 4. The van der Waals surface area contributed by atoms with Gasteiger partial charge in [-0.05, 0) is 48.9 Å². The Morgan fingerprint density at radius 1 is 0.786 bits per heavy atom. The monoisotopic (exact) mass is 390 g/mol. The molecule has 0 fully saturated rings. The molecule has 0 aliphatic rings. The maximum atomic E-state index is 11.6. The minimum absolute atomic E-state index is 0.0156. The smallest absolute Gasteiger partial charge is 0.335 e. The van der Waals surface area contributed by atoms with Crippen molar-refractivity contribution in [1.29, 1.82) is 0 Å². The number of carboxylic acid groups (broad SMARTS) is 2. The van der Waals surface area contributed by atoms with Gasteiger partial charge in [0.2, 0.25) is 0 Å². The van der Waals surface area contributed by atoms with Crippen LogP contribution in [-0.2, 0) is 31.9 Å². The van der Waals surface area contributed by atoms with Crippen LogP contribution in [-0.4, -0.2) is 47.3 Å².